The zero-order valence-electron chi connectivity index (χ0n) is 12.8. The van der Waals surface area contributed by atoms with Crippen LogP contribution in [0.25, 0.3) is 0 Å². The van der Waals surface area contributed by atoms with Crippen LogP contribution in [0.3, 0.4) is 0 Å². The maximum absolute atomic E-state index is 11.7. The lowest BCUT2D eigenvalue weighted by atomic mass is 9.51. The van der Waals surface area contributed by atoms with E-state index < -0.39 is 0 Å². The minimum atomic E-state index is -0.314. The van der Waals surface area contributed by atoms with Crippen molar-refractivity contribution in [2.75, 3.05) is 0 Å². The van der Waals surface area contributed by atoms with Gasteiger partial charge in [0, 0.05) is 6.42 Å². The molecule has 21 heavy (non-hydrogen) atoms. The van der Waals surface area contributed by atoms with Crippen molar-refractivity contribution in [3.63, 3.8) is 0 Å². The number of allylic oxidation sites excluding steroid dienone is 1. The van der Waals surface area contributed by atoms with Crippen LogP contribution in [0.2, 0.25) is 0 Å². The summed E-state index contributed by atoms with van der Waals surface area (Å²) in [6.07, 6.45) is 7.72. The Morgan fingerprint density at radius 1 is 1.14 bits per heavy atom. The minimum absolute atomic E-state index is 0.0910. The Kier molecular flexibility index (Phi) is 3.10. The highest BCUT2D eigenvalue weighted by Crippen LogP contribution is 2.61. The summed E-state index contributed by atoms with van der Waals surface area (Å²) in [5.74, 6) is 2.10. The molecule has 0 radical (unpaired) electrons. The number of hydrogen-bond acceptors (Lipinski definition) is 3. The fourth-order valence-corrected chi connectivity index (χ4v) is 6.23. The molecular formula is C18H26O3. The molecule has 3 nitrogen and oxygen atoms in total. The Morgan fingerprint density at radius 2 is 1.95 bits per heavy atom. The largest absolute Gasteiger partial charge is 0.393 e. The standard InChI is InChI=1S/C18H26O3/c1-18-9-15(20)17-12-5-3-11(19)8-10(12)2-4-13(17)14(18)6-7-16(18)21/h8,12-17,20-21H,2-7,9H2,1H3/t12-,13-,14-,15+,16?,17+,18-/m0/s1. The molecule has 3 fully saturated rings. The van der Waals surface area contributed by atoms with Crippen LogP contribution in [0, 0.1) is 29.1 Å². The number of aliphatic hydroxyl groups excluding tert-OH is 2. The SMILES string of the molecule is C[C@]12C[C@@H](O)[C@H]3[C@@H](CCC4=CC(=O)CC[C@@H]43)[C@@H]1CCC2O. The average molecular weight is 290 g/mol. The van der Waals surface area contributed by atoms with Gasteiger partial charge in [-0.1, -0.05) is 12.5 Å². The van der Waals surface area contributed by atoms with Gasteiger partial charge in [-0.15, -0.1) is 0 Å². The van der Waals surface area contributed by atoms with Gasteiger partial charge in [-0.25, -0.2) is 0 Å². The molecule has 116 valence electrons. The highest BCUT2D eigenvalue weighted by molar-refractivity contribution is 5.91. The van der Waals surface area contributed by atoms with Crippen LogP contribution in [0.5, 0.6) is 0 Å². The maximum Gasteiger partial charge on any atom is 0.155 e. The molecule has 4 aliphatic rings. The van der Waals surface area contributed by atoms with Gasteiger partial charge in [-0.3, -0.25) is 4.79 Å². The van der Waals surface area contributed by atoms with Crippen molar-refractivity contribution in [3.05, 3.63) is 11.6 Å². The number of hydrogen-bond donors (Lipinski definition) is 2. The predicted octanol–water partition coefficient (Wildman–Crippen LogP) is 2.46. The van der Waals surface area contributed by atoms with Crippen LogP contribution < -0.4 is 0 Å². The third kappa shape index (κ3) is 1.90. The Bertz CT molecular complexity index is 497. The molecule has 4 aliphatic carbocycles. The zero-order chi connectivity index (χ0) is 14.8. The van der Waals surface area contributed by atoms with E-state index in [0.717, 1.165) is 38.5 Å². The molecule has 3 heteroatoms. The van der Waals surface area contributed by atoms with E-state index in [4.69, 9.17) is 0 Å². The summed E-state index contributed by atoms with van der Waals surface area (Å²) in [7, 11) is 0. The van der Waals surface area contributed by atoms with Crippen molar-refractivity contribution in [1.29, 1.82) is 0 Å². The van der Waals surface area contributed by atoms with Crippen LogP contribution in [0.4, 0.5) is 0 Å². The van der Waals surface area contributed by atoms with Gasteiger partial charge in [0.25, 0.3) is 0 Å². The first-order valence-corrected chi connectivity index (χ1v) is 8.60. The first kappa shape index (κ1) is 14.0. The third-order valence-electron chi connectivity index (χ3n) is 7.22. The molecule has 0 aromatic heterocycles. The number of rotatable bonds is 0. The zero-order valence-corrected chi connectivity index (χ0v) is 12.8. The lowest BCUT2D eigenvalue weighted by Gasteiger charge is -2.55. The molecule has 0 spiro atoms. The van der Waals surface area contributed by atoms with E-state index in [1.807, 2.05) is 6.08 Å². The molecular weight excluding hydrogens is 264 g/mol. The number of aliphatic hydroxyl groups is 2. The van der Waals surface area contributed by atoms with Gasteiger partial charge in [0.05, 0.1) is 12.2 Å². The molecule has 0 amide bonds. The first-order chi connectivity index (χ1) is 10.0. The van der Waals surface area contributed by atoms with Gasteiger partial charge < -0.3 is 10.2 Å². The number of carbonyl (C=O) groups is 1. The first-order valence-electron chi connectivity index (χ1n) is 8.60. The Labute approximate surface area is 126 Å². The van der Waals surface area contributed by atoms with Gasteiger partial charge in [0.15, 0.2) is 5.78 Å². The average Bonchev–Trinajstić information content (AvgIpc) is 2.74. The molecule has 4 rings (SSSR count). The van der Waals surface area contributed by atoms with Crippen LogP contribution in [0.1, 0.15) is 51.9 Å². The molecule has 0 saturated heterocycles. The summed E-state index contributed by atoms with van der Waals surface area (Å²) >= 11 is 0. The molecule has 0 aromatic rings. The lowest BCUT2D eigenvalue weighted by molar-refractivity contribution is -0.125. The van der Waals surface area contributed by atoms with Crippen LogP contribution >= 0.6 is 0 Å². The summed E-state index contributed by atoms with van der Waals surface area (Å²) in [6.45, 7) is 2.19. The highest BCUT2D eigenvalue weighted by atomic mass is 16.3. The number of fused-ring (bicyclic) bond motifs is 5. The van der Waals surface area contributed by atoms with E-state index in [0.29, 0.717) is 30.1 Å². The molecule has 0 bridgehead atoms. The van der Waals surface area contributed by atoms with Crippen molar-refractivity contribution in [2.24, 2.45) is 29.1 Å². The van der Waals surface area contributed by atoms with Crippen molar-refractivity contribution in [1.82, 2.24) is 0 Å². The molecule has 3 saturated carbocycles. The second-order valence-electron chi connectivity index (χ2n) is 8.09. The summed E-state index contributed by atoms with van der Waals surface area (Å²) < 4.78 is 0. The van der Waals surface area contributed by atoms with E-state index in [1.54, 1.807) is 0 Å². The van der Waals surface area contributed by atoms with E-state index in [-0.39, 0.29) is 23.4 Å². The summed E-state index contributed by atoms with van der Waals surface area (Å²) in [6, 6.07) is 0. The van der Waals surface area contributed by atoms with E-state index in [1.165, 1.54) is 5.57 Å². The second-order valence-corrected chi connectivity index (χ2v) is 8.09. The van der Waals surface area contributed by atoms with Crippen molar-refractivity contribution in [2.45, 2.75) is 64.1 Å². The minimum Gasteiger partial charge on any atom is -0.393 e. The van der Waals surface area contributed by atoms with Gasteiger partial charge in [-0.2, -0.15) is 0 Å². The predicted molar refractivity (Wildman–Crippen MR) is 79.5 cm³/mol. The van der Waals surface area contributed by atoms with E-state index in [9.17, 15) is 15.0 Å². The Hall–Kier alpha value is -0.670. The van der Waals surface area contributed by atoms with Crippen LogP contribution in [-0.4, -0.2) is 28.2 Å². The molecule has 0 aromatic carbocycles. The van der Waals surface area contributed by atoms with Gasteiger partial charge in [0.1, 0.15) is 0 Å². The van der Waals surface area contributed by atoms with Crippen molar-refractivity contribution >= 4 is 5.78 Å². The van der Waals surface area contributed by atoms with Crippen LogP contribution in [-0.2, 0) is 4.79 Å². The van der Waals surface area contributed by atoms with Crippen LogP contribution in [0.15, 0.2) is 11.6 Å². The molecule has 0 aliphatic heterocycles. The van der Waals surface area contributed by atoms with E-state index in [2.05, 4.69) is 6.92 Å². The normalized spacial score (nSPS) is 52.7. The fourth-order valence-electron chi connectivity index (χ4n) is 6.23. The smallest absolute Gasteiger partial charge is 0.155 e. The van der Waals surface area contributed by atoms with Crippen molar-refractivity contribution in [3.8, 4) is 0 Å². The van der Waals surface area contributed by atoms with Gasteiger partial charge >= 0.3 is 0 Å². The maximum atomic E-state index is 11.7. The lowest BCUT2D eigenvalue weighted by Crippen LogP contribution is -2.53. The Morgan fingerprint density at radius 3 is 2.76 bits per heavy atom. The summed E-state index contributed by atoms with van der Waals surface area (Å²) in [5.41, 5.74) is 1.21. The summed E-state index contributed by atoms with van der Waals surface area (Å²) in [5, 5.41) is 21.2. The summed E-state index contributed by atoms with van der Waals surface area (Å²) in [4.78, 5) is 11.7. The van der Waals surface area contributed by atoms with E-state index >= 15 is 0 Å². The molecule has 2 N–H and O–H groups in total. The monoisotopic (exact) mass is 290 g/mol. The topological polar surface area (TPSA) is 57.5 Å². The Balaban J connectivity index is 1.68. The molecule has 1 unspecified atom stereocenters. The second kappa shape index (κ2) is 4.66. The third-order valence-corrected chi connectivity index (χ3v) is 7.22. The van der Waals surface area contributed by atoms with Crippen molar-refractivity contribution < 1.29 is 15.0 Å². The number of ketones is 1. The number of carbonyl (C=O) groups excluding carboxylic acids is 1. The van der Waals surface area contributed by atoms with Gasteiger partial charge in [-0.05, 0) is 73.7 Å². The van der Waals surface area contributed by atoms with Gasteiger partial charge in [0.2, 0.25) is 0 Å². The quantitative estimate of drug-likeness (QED) is 0.720. The fraction of sp³-hybridized carbons (Fsp3) is 0.833. The molecule has 0 heterocycles. The highest BCUT2D eigenvalue weighted by Gasteiger charge is 2.58. The molecule has 7 atom stereocenters.